The van der Waals surface area contributed by atoms with Crippen molar-refractivity contribution in [2.24, 2.45) is 0 Å². The van der Waals surface area contributed by atoms with E-state index in [1.165, 1.54) is 0 Å². The van der Waals surface area contributed by atoms with Crippen LogP contribution >= 0.6 is 0 Å². The molecule has 0 aromatic heterocycles. The number of carbonyl (C=O) groups excluding carboxylic acids is 2. The number of carboxylic acids is 2. The molecule has 0 amide bonds. The van der Waals surface area contributed by atoms with E-state index in [9.17, 15) is 29.9 Å². The van der Waals surface area contributed by atoms with Crippen LogP contribution in [0.15, 0.2) is 18.2 Å². The molecule has 84 valence electrons. The molecule has 0 fully saturated rings. The summed E-state index contributed by atoms with van der Waals surface area (Å²) in [5.74, 6) is -3.05. The number of benzene rings is 1. The summed E-state index contributed by atoms with van der Waals surface area (Å²) in [7, 11) is 0. The number of hydrogen-bond acceptors (Lipinski definition) is 6. The Bertz CT molecular complexity index is 467. The number of nitro groups is 1. The summed E-state index contributed by atoms with van der Waals surface area (Å²) >= 11 is 0. The van der Waals surface area contributed by atoms with Crippen molar-refractivity contribution in [3.05, 3.63) is 39.4 Å². The van der Waals surface area contributed by atoms with E-state index in [-0.39, 0.29) is 11.1 Å². The molecule has 0 saturated heterocycles. The lowest BCUT2D eigenvalue weighted by Gasteiger charge is -2.06. The Morgan fingerprint density at radius 3 is 2.31 bits per heavy atom. The van der Waals surface area contributed by atoms with Gasteiger partial charge in [0.05, 0.1) is 10.9 Å². The molecule has 7 heteroatoms. The molecular formula is C9H5NO6-2. The second kappa shape index (κ2) is 4.39. The second-order valence-corrected chi connectivity index (χ2v) is 2.94. The van der Waals surface area contributed by atoms with Gasteiger partial charge in [0, 0.05) is 29.6 Å². The molecule has 0 aliphatic rings. The van der Waals surface area contributed by atoms with Crippen molar-refractivity contribution in [1.29, 1.82) is 0 Å². The lowest BCUT2D eigenvalue weighted by molar-refractivity contribution is -0.385. The number of aromatic carboxylic acids is 1. The van der Waals surface area contributed by atoms with E-state index in [0.29, 0.717) is 0 Å². The molecule has 0 radical (unpaired) electrons. The fourth-order valence-electron chi connectivity index (χ4n) is 1.17. The van der Waals surface area contributed by atoms with Crippen molar-refractivity contribution >= 4 is 17.6 Å². The summed E-state index contributed by atoms with van der Waals surface area (Å²) in [5.41, 5.74) is -1.07. The van der Waals surface area contributed by atoms with Crippen molar-refractivity contribution in [3.63, 3.8) is 0 Å². The molecule has 0 N–H and O–H groups in total. The Balaban J connectivity index is 3.24. The number of nitro benzene ring substituents is 1. The Kier molecular flexibility index (Phi) is 3.19. The van der Waals surface area contributed by atoms with Gasteiger partial charge in [-0.05, 0) is 0 Å². The van der Waals surface area contributed by atoms with E-state index >= 15 is 0 Å². The lowest BCUT2D eigenvalue weighted by atomic mass is 10.1. The number of rotatable bonds is 4. The molecule has 16 heavy (non-hydrogen) atoms. The average molecular weight is 223 g/mol. The van der Waals surface area contributed by atoms with Crippen LogP contribution in [0.3, 0.4) is 0 Å². The maximum absolute atomic E-state index is 10.6. The van der Waals surface area contributed by atoms with Crippen LogP contribution in [0.1, 0.15) is 15.9 Å². The third-order valence-corrected chi connectivity index (χ3v) is 1.85. The zero-order chi connectivity index (χ0) is 12.3. The second-order valence-electron chi connectivity index (χ2n) is 2.94. The maximum atomic E-state index is 10.6. The van der Waals surface area contributed by atoms with E-state index in [1.807, 2.05) is 0 Å². The van der Waals surface area contributed by atoms with Gasteiger partial charge in [-0.2, -0.15) is 0 Å². The van der Waals surface area contributed by atoms with Gasteiger partial charge in [-0.15, -0.1) is 0 Å². The van der Waals surface area contributed by atoms with E-state index < -0.39 is 29.0 Å². The van der Waals surface area contributed by atoms with Crippen molar-refractivity contribution in [2.45, 2.75) is 6.42 Å². The van der Waals surface area contributed by atoms with Crippen molar-refractivity contribution in [1.82, 2.24) is 0 Å². The summed E-state index contributed by atoms with van der Waals surface area (Å²) in [6.07, 6.45) is -0.649. The van der Waals surface area contributed by atoms with E-state index in [0.717, 1.165) is 18.2 Å². The van der Waals surface area contributed by atoms with Gasteiger partial charge >= 0.3 is 0 Å². The number of carboxylic acid groups (broad SMARTS) is 2. The summed E-state index contributed by atoms with van der Waals surface area (Å²) in [5, 5.41) is 31.3. The first-order valence-electron chi connectivity index (χ1n) is 4.10. The van der Waals surface area contributed by atoms with Gasteiger partial charge < -0.3 is 19.8 Å². The number of nitrogens with zero attached hydrogens (tertiary/aromatic N) is 1. The first-order valence-corrected chi connectivity index (χ1v) is 4.10. The van der Waals surface area contributed by atoms with Crippen molar-refractivity contribution in [3.8, 4) is 0 Å². The first kappa shape index (κ1) is 11.6. The van der Waals surface area contributed by atoms with Crippen LogP contribution in [0.5, 0.6) is 0 Å². The third-order valence-electron chi connectivity index (χ3n) is 1.85. The van der Waals surface area contributed by atoms with Crippen LogP contribution in [0, 0.1) is 10.1 Å². The van der Waals surface area contributed by atoms with Gasteiger partial charge in [0.1, 0.15) is 0 Å². The van der Waals surface area contributed by atoms with Gasteiger partial charge in [-0.3, -0.25) is 10.1 Å². The highest BCUT2D eigenvalue weighted by molar-refractivity contribution is 5.87. The standard InChI is InChI=1S/C9H7NO6/c11-8(12)4-5-1-2-6(9(13)14)3-7(5)10(15)16/h1-3H,4H2,(H,11,12)(H,13,14)/p-2. The van der Waals surface area contributed by atoms with Gasteiger partial charge in [-0.1, -0.05) is 12.1 Å². The smallest absolute Gasteiger partial charge is 0.273 e. The molecule has 0 unspecified atom stereocenters. The molecule has 7 nitrogen and oxygen atoms in total. The van der Waals surface area contributed by atoms with Crippen molar-refractivity contribution < 1.29 is 24.7 Å². The van der Waals surface area contributed by atoms with E-state index in [1.54, 1.807) is 0 Å². The first-order chi connectivity index (χ1) is 7.41. The Morgan fingerprint density at radius 1 is 1.25 bits per heavy atom. The molecule has 1 aromatic carbocycles. The highest BCUT2D eigenvalue weighted by Crippen LogP contribution is 2.20. The normalized spacial score (nSPS) is 9.75. The SMILES string of the molecule is O=C([O-])Cc1ccc(C(=O)[O-])cc1[N+](=O)[O-]. The Hall–Kier alpha value is -2.44. The van der Waals surface area contributed by atoms with Gasteiger partial charge in [0.2, 0.25) is 0 Å². The zero-order valence-corrected chi connectivity index (χ0v) is 7.84. The molecule has 1 rings (SSSR count). The molecule has 0 aliphatic carbocycles. The topological polar surface area (TPSA) is 123 Å². The number of aliphatic carboxylic acids is 1. The fraction of sp³-hybridized carbons (Fsp3) is 0.111. The van der Waals surface area contributed by atoms with Gasteiger partial charge in [0.15, 0.2) is 0 Å². The van der Waals surface area contributed by atoms with Crippen LogP contribution in [0.4, 0.5) is 5.69 Å². The van der Waals surface area contributed by atoms with Gasteiger partial charge in [0.25, 0.3) is 5.69 Å². The Labute approximate surface area is 89.1 Å². The lowest BCUT2D eigenvalue weighted by Crippen LogP contribution is -2.25. The summed E-state index contributed by atoms with van der Waals surface area (Å²) in [6, 6.07) is 2.85. The molecule has 0 saturated carbocycles. The van der Waals surface area contributed by atoms with Crippen LogP contribution in [-0.4, -0.2) is 16.9 Å². The highest BCUT2D eigenvalue weighted by atomic mass is 16.6. The summed E-state index contributed by atoms with van der Waals surface area (Å²) < 4.78 is 0. The summed E-state index contributed by atoms with van der Waals surface area (Å²) in [4.78, 5) is 30.4. The minimum Gasteiger partial charge on any atom is -0.550 e. The largest absolute Gasteiger partial charge is 0.550 e. The molecule has 0 aliphatic heterocycles. The van der Waals surface area contributed by atoms with Crippen LogP contribution < -0.4 is 10.2 Å². The molecule has 0 spiro atoms. The zero-order valence-electron chi connectivity index (χ0n) is 7.84. The minimum absolute atomic E-state index is 0.116. The predicted octanol–water partition coefficient (Wildman–Crippen LogP) is -1.75. The number of hydrogen-bond donors (Lipinski definition) is 0. The van der Waals surface area contributed by atoms with Crippen LogP contribution in [0.25, 0.3) is 0 Å². The molecule has 0 atom stereocenters. The predicted molar refractivity (Wildman–Crippen MR) is 46.1 cm³/mol. The van der Waals surface area contributed by atoms with E-state index in [4.69, 9.17) is 0 Å². The minimum atomic E-state index is -1.57. The monoisotopic (exact) mass is 223 g/mol. The maximum Gasteiger partial charge on any atom is 0.273 e. The highest BCUT2D eigenvalue weighted by Gasteiger charge is 2.14. The Morgan fingerprint density at radius 2 is 1.88 bits per heavy atom. The average Bonchev–Trinajstić information content (AvgIpc) is 2.16. The quantitative estimate of drug-likeness (QED) is 0.440. The molecule has 0 heterocycles. The number of carbonyl (C=O) groups is 2. The molecule has 1 aromatic rings. The van der Waals surface area contributed by atoms with E-state index in [2.05, 4.69) is 0 Å². The molecule has 0 bridgehead atoms. The van der Waals surface area contributed by atoms with Crippen molar-refractivity contribution in [2.75, 3.05) is 0 Å². The third kappa shape index (κ3) is 2.53. The van der Waals surface area contributed by atoms with Gasteiger partial charge in [-0.25, -0.2) is 0 Å². The fourth-order valence-corrected chi connectivity index (χ4v) is 1.17. The molecular weight excluding hydrogens is 218 g/mol. The van der Waals surface area contributed by atoms with Crippen LogP contribution in [0.2, 0.25) is 0 Å². The summed E-state index contributed by atoms with van der Waals surface area (Å²) in [6.45, 7) is 0. The van der Waals surface area contributed by atoms with Crippen LogP contribution in [-0.2, 0) is 11.2 Å².